The zero-order valence-electron chi connectivity index (χ0n) is 8.53. The highest BCUT2D eigenvalue weighted by Crippen LogP contribution is 2.59. The minimum absolute atomic E-state index is 0.0526. The van der Waals surface area contributed by atoms with Crippen molar-refractivity contribution in [3.8, 4) is 0 Å². The number of carbonyl (C=O) groups excluding carboxylic acids is 1. The third-order valence-electron chi connectivity index (χ3n) is 4.20. The first-order valence-electron chi connectivity index (χ1n) is 5.73. The Bertz CT molecular complexity index is 266. The van der Waals surface area contributed by atoms with Crippen LogP contribution < -0.4 is 5.32 Å². The minimum atomic E-state index is 0.0526. The quantitative estimate of drug-likeness (QED) is 0.662. The van der Waals surface area contributed by atoms with E-state index in [0.29, 0.717) is 24.5 Å². The summed E-state index contributed by atoms with van der Waals surface area (Å²) in [6.45, 7) is 3.58. The maximum absolute atomic E-state index is 11.6. The number of hydrogen-bond donors (Lipinski definition) is 1. The molecule has 2 aliphatic carbocycles. The summed E-state index contributed by atoms with van der Waals surface area (Å²) in [7, 11) is 0. The Hall–Kier alpha value is -0.570. The van der Waals surface area contributed by atoms with E-state index in [1.54, 1.807) is 0 Å². The van der Waals surface area contributed by atoms with E-state index in [-0.39, 0.29) is 11.9 Å². The number of carbonyl (C=O) groups is 1. The van der Waals surface area contributed by atoms with Crippen molar-refractivity contribution in [1.82, 2.24) is 5.32 Å². The molecule has 78 valence electrons. The summed E-state index contributed by atoms with van der Waals surface area (Å²) in [6, 6.07) is 0.642. The smallest absolute Gasteiger partial charge is 0.309 e. The van der Waals surface area contributed by atoms with Gasteiger partial charge in [0.2, 0.25) is 0 Å². The van der Waals surface area contributed by atoms with Crippen LogP contribution in [0.4, 0.5) is 0 Å². The largest absolute Gasteiger partial charge is 0.466 e. The van der Waals surface area contributed by atoms with Gasteiger partial charge in [-0.3, -0.25) is 4.79 Å². The molecule has 3 fully saturated rings. The number of fused-ring (bicyclic) bond motifs is 3. The highest BCUT2D eigenvalue weighted by Gasteiger charge is 2.63. The van der Waals surface area contributed by atoms with Crippen LogP contribution in [0.3, 0.4) is 0 Å². The highest BCUT2D eigenvalue weighted by molar-refractivity contribution is 5.77. The Morgan fingerprint density at radius 3 is 3.00 bits per heavy atom. The lowest BCUT2D eigenvalue weighted by Crippen LogP contribution is -2.56. The van der Waals surface area contributed by atoms with Crippen LogP contribution in [0.15, 0.2) is 0 Å². The van der Waals surface area contributed by atoms with E-state index >= 15 is 0 Å². The van der Waals surface area contributed by atoms with E-state index < -0.39 is 0 Å². The van der Waals surface area contributed by atoms with Crippen molar-refractivity contribution in [2.75, 3.05) is 13.2 Å². The fourth-order valence-electron chi connectivity index (χ4n) is 3.39. The molecule has 3 rings (SSSR count). The Morgan fingerprint density at radius 2 is 2.36 bits per heavy atom. The third-order valence-corrected chi connectivity index (χ3v) is 4.20. The van der Waals surface area contributed by atoms with Crippen LogP contribution in [-0.2, 0) is 9.53 Å². The molecule has 1 saturated heterocycles. The average molecular weight is 195 g/mol. The minimum Gasteiger partial charge on any atom is -0.466 e. The molecule has 0 aromatic heterocycles. The predicted molar refractivity (Wildman–Crippen MR) is 51.6 cm³/mol. The van der Waals surface area contributed by atoms with Crippen molar-refractivity contribution in [3.63, 3.8) is 0 Å². The first-order valence-corrected chi connectivity index (χ1v) is 5.73. The molecule has 14 heavy (non-hydrogen) atoms. The van der Waals surface area contributed by atoms with Crippen LogP contribution in [-0.4, -0.2) is 25.2 Å². The zero-order chi connectivity index (χ0) is 9.71. The van der Waals surface area contributed by atoms with Crippen molar-refractivity contribution in [3.05, 3.63) is 0 Å². The molecule has 1 N–H and O–H groups in total. The lowest BCUT2D eigenvalue weighted by atomic mass is 9.79. The van der Waals surface area contributed by atoms with Gasteiger partial charge in [0.15, 0.2) is 0 Å². The van der Waals surface area contributed by atoms with Crippen LogP contribution in [0.1, 0.15) is 19.8 Å². The van der Waals surface area contributed by atoms with Crippen LogP contribution in [0.25, 0.3) is 0 Å². The molecule has 5 atom stereocenters. The second-order valence-electron chi connectivity index (χ2n) is 4.79. The Kier molecular flexibility index (Phi) is 1.84. The fourth-order valence-corrected chi connectivity index (χ4v) is 3.39. The Balaban J connectivity index is 1.66. The molecule has 3 heteroatoms. The molecular formula is C11H17NO2. The lowest BCUT2D eigenvalue weighted by Gasteiger charge is -2.41. The summed E-state index contributed by atoms with van der Waals surface area (Å²) >= 11 is 0. The molecule has 0 aromatic carbocycles. The Morgan fingerprint density at radius 1 is 1.50 bits per heavy atom. The predicted octanol–water partition coefficient (Wildman–Crippen LogP) is 0.793. The summed E-state index contributed by atoms with van der Waals surface area (Å²) < 4.78 is 5.10. The molecule has 1 heterocycles. The van der Waals surface area contributed by atoms with Crippen molar-refractivity contribution < 1.29 is 9.53 Å². The monoisotopic (exact) mass is 195 g/mol. The number of hydrogen-bond acceptors (Lipinski definition) is 3. The molecule has 0 spiro atoms. The van der Waals surface area contributed by atoms with Crippen LogP contribution in [0, 0.1) is 23.7 Å². The van der Waals surface area contributed by atoms with Crippen molar-refractivity contribution in [2.24, 2.45) is 23.7 Å². The second kappa shape index (κ2) is 2.96. The number of ether oxygens (including phenoxy) is 1. The number of rotatable bonds is 2. The summed E-state index contributed by atoms with van der Waals surface area (Å²) in [5.74, 6) is 2.40. The van der Waals surface area contributed by atoms with E-state index in [2.05, 4.69) is 5.32 Å². The summed E-state index contributed by atoms with van der Waals surface area (Å²) in [5, 5.41) is 3.46. The van der Waals surface area contributed by atoms with Gasteiger partial charge in [-0.25, -0.2) is 0 Å². The van der Waals surface area contributed by atoms with Crippen molar-refractivity contribution in [1.29, 1.82) is 0 Å². The van der Waals surface area contributed by atoms with Gasteiger partial charge in [0.05, 0.1) is 12.5 Å². The van der Waals surface area contributed by atoms with Gasteiger partial charge in [-0.2, -0.15) is 0 Å². The summed E-state index contributed by atoms with van der Waals surface area (Å²) in [5.41, 5.74) is 0. The molecule has 0 radical (unpaired) electrons. The van der Waals surface area contributed by atoms with Gasteiger partial charge in [0.25, 0.3) is 0 Å². The van der Waals surface area contributed by atoms with Crippen molar-refractivity contribution >= 4 is 5.97 Å². The maximum Gasteiger partial charge on any atom is 0.309 e. The van der Waals surface area contributed by atoms with Gasteiger partial charge in [0.1, 0.15) is 0 Å². The van der Waals surface area contributed by atoms with Crippen LogP contribution in [0.5, 0.6) is 0 Å². The van der Waals surface area contributed by atoms with Crippen LogP contribution in [0.2, 0.25) is 0 Å². The number of esters is 1. The molecular weight excluding hydrogens is 178 g/mol. The van der Waals surface area contributed by atoms with Gasteiger partial charge >= 0.3 is 5.97 Å². The number of nitrogens with one attached hydrogen (secondary N) is 1. The zero-order valence-corrected chi connectivity index (χ0v) is 8.53. The molecule has 0 bridgehead atoms. The lowest BCUT2D eigenvalue weighted by molar-refractivity contribution is -0.145. The first kappa shape index (κ1) is 8.72. The van der Waals surface area contributed by atoms with E-state index in [9.17, 15) is 4.79 Å². The van der Waals surface area contributed by atoms with Gasteiger partial charge in [-0.15, -0.1) is 0 Å². The van der Waals surface area contributed by atoms with E-state index in [1.165, 1.54) is 19.4 Å². The maximum atomic E-state index is 11.6. The summed E-state index contributed by atoms with van der Waals surface area (Å²) in [6.07, 6.45) is 2.56. The summed E-state index contributed by atoms with van der Waals surface area (Å²) in [4.78, 5) is 11.6. The SMILES string of the molecule is CCOC(=O)C1C2CC[C@@H]3CN[C@@H]3C21. The molecule has 0 amide bonds. The second-order valence-corrected chi connectivity index (χ2v) is 4.79. The van der Waals surface area contributed by atoms with E-state index in [0.717, 1.165) is 5.92 Å². The van der Waals surface area contributed by atoms with Crippen LogP contribution >= 0.6 is 0 Å². The van der Waals surface area contributed by atoms with E-state index in [1.807, 2.05) is 6.92 Å². The molecule has 3 aliphatic rings. The van der Waals surface area contributed by atoms with Crippen molar-refractivity contribution in [2.45, 2.75) is 25.8 Å². The topological polar surface area (TPSA) is 38.3 Å². The van der Waals surface area contributed by atoms with Gasteiger partial charge in [0, 0.05) is 6.04 Å². The normalized spacial score (nSPS) is 48.5. The highest BCUT2D eigenvalue weighted by atomic mass is 16.5. The molecule has 1 aliphatic heterocycles. The fraction of sp³-hybridized carbons (Fsp3) is 0.909. The van der Waals surface area contributed by atoms with E-state index in [4.69, 9.17) is 4.74 Å². The van der Waals surface area contributed by atoms with Gasteiger partial charge in [-0.05, 0) is 44.1 Å². The molecule has 3 nitrogen and oxygen atoms in total. The first-order chi connectivity index (χ1) is 6.83. The molecule has 3 unspecified atom stereocenters. The molecule has 0 aromatic rings. The molecule has 2 saturated carbocycles. The Labute approximate surface area is 84.2 Å². The average Bonchev–Trinajstić information content (AvgIpc) is 2.78. The standard InChI is InChI=1S/C11H17NO2/c1-2-14-11(13)9-7-4-3-6-5-12-10(6)8(7)9/h6-10,12H,2-5H2,1H3/t6-,7?,8?,9?,10+/m1/s1. The van der Waals surface area contributed by atoms with Gasteiger partial charge < -0.3 is 10.1 Å². The third kappa shape index (κ3) is 1.05. The van der Waals surface area contributed by atoms with Gasteiger partial charge in [-0.1, -0.05) is 0 Å².